The van der Waals surface area contributed by atoms with Crippen LogP contribution < -0.4 is 0 Å². The van der Waals surface area contributed by atoms with Crippen molar-refractivity contribution < 1.29 is 9.53 Å². The number of aromatic nitrogens is 1. The van der Waals surface area contributed by atoms with Gasteiger partial charge in [-0.25, -0.2) is 0 Å². The van der Waals surface area contributed by atoms with Crippen molar-refractivity contribution in [2.75, 3.05) is 19.7 Å². The van der Waals surface area contributed by atoms with Crippen molar-refractivity contribution in [2.45, 2.75) is 26.0 Å². The van der Waals surface area contributed by atoms with Crippen LogP contribution in [0.1, 0.15) is 24.2 Å². The average Bonchev–Trinajstić information content (AvgIpc) is 2.89. The van der Waals surface area contributed by atoms with Crippen molar-refractivity contribution >= 4 is 16.7 Å². The Labute approximate surface area is 118 Å². The number of rotatable bonds is 3. The number of nitrogens with zero attached hydrogens (tertiary/aromatic N) is 1. The van der Waals surface area contributed by atoms with Crippen molar-refractivity contribution in [1.82, 2.24) is 9.88 Å². The molecule has 1 fully saturated rings. The van der Waals surface area contributed by atoms with Gasteiger partial charge < -0.3 is 9.72 Å². The average molecular weight is 272 g/mol. The van der Waals surface area contributed by atoms with Crippen LogP contribution in [-0.2, 0) is 4.74 Å². The summed E-state index contributed by atoms with van der Waals surface area (Å²) < 4.78 is 5.54. The summed E-state index contributed by atoms with van der Waals surface area (Å²) in [5.41, 5.74) is 1.80. The lowest BCUT2D eigenvalue weighted by molar-refractivity contribution is -0.0277. The van der Waals surface area contributed by atoms with E-state index in [0.29, 0.717) is 6.61 Å². The molecule has 0 radical (unpaired) electrons. The number of benzene rings is 1. The van der Waals surface area contributed by atoms with Crippen LogP contribution in [0.3, 0.4) is 0 Å². The van der Waals surface area contributed by atoms with Gasteiger partial charge in [0.1, 0.15) is 0 Å². The van der Waals surface area contributed by atoms with E-state index in [4.69, 9.17) is 4.74 Å². The molecule has 4 heteroatoms. The number of fused-ring (bicyclic) bond motifs is 1. The minimum Gasteiger partial charge on any atom is -0.376 e. The molecule has 0 aliphatic carbocycles. The number of Topliss-reactive ketones (excluding diaryl/α,β-unsaturated/α-hetero) is 1. The van der Waals surface area contributed by atoms with Crippen molar-refractivity contribution in [3.8, 4) is 0 Å². The zero-order chi connectivity index (χ0) is 14.1. The number of nitrogens with one attached hydrogen (secondary N) is 1. The van der Waals surface area contributed by atoms with E-state index < -0.39 is 0 Å². The number of morpholine rings is 1. The molecule has 0 saturated carbocycles. The van der Waals surface area contributed by atoms with Crippen molar-refractivity contribution in [1.29, 1.82) is 0 Å². The number of para-hydroxylation sites is 1. The second-order valence-electron chi connectivity index (χ2n) is 5.46. The number of carbonyl (C=O) groups excluding carboxylic acids is 1. The fourth-order valence-corrected chi connectivity index (χ4v) is 2.86. The van der Waals surface area contributed by atoms with Crippen LogP contribution in [-0.4, -0.2) is 47.5 Å². The topological polar surface area (TPSA) is 45.3 Å². The van der Waals surface area contributed by atoms with Crippen molar-refractivity contribution in [3.05, 3.63) is 36.0 Å². The molecule has 4 nitrogen and oxygen atoms in total. The predicted octanol–water partition coefficient (Wildman–Crippen LogP) is 2.46. The maximum absolute atomic E-state index is 12.7. The van der Waals surface area contributed by atoms with Crippen LogP contribution in [0.2, 0.25) is 0 Å². The number of hydrogen-bond donors (Lipinski definition) is 1. The molecule has 2 atom stereocenters. The summed E-state index contributed by atoms with van der Waals surface area (Å²) in [4.78, 5) is 18.1. The summed E-state index contributed by atoms with van der Waals surface area (Å²) in [5.74, 6) is 0.177. The van der Waals surface area contributed by atoms with E-state index in [1.165, 1.54) is 0 Å². The summed E-state index contributed by atoms with van der Waals surface area (Å²) in [6.07, 6.45) is 2.02. The van der Waals surface area contributed by atoms with E-state index in [1.54, 1.807) is 0 Å². The summed E-state index contributed by atoms with van der Waals surface area (Å²) in [7, 11) is 0. The highest BCUT2D eigenvalue weighted by atomic mass is 16.5. The first-order valence-electron chi connectivity index (χ1n) is 7.13. The Morgan fingerprint density at radius 2 is 2.25 bits per heavy atom. The SMILES string of the molecule is C[C@@H]1CN([C@H](C)C(=O)c2c[nH]c3ccccc23)CCO1. The van der Waals surface area contributed by atoms with E-state index in [1.807, 2.05) is 37.4 Å². The molecule has 106 valence electrons. The quantitative estimate of drug-likeness (QED) is 0.873. The Balaban J connectivity index is 1.84. The van der Waals surface area contributed by atoms with Gasteiger partial charge in [-0.2, -0.15) is 0 Å². The molecule has 1 aliphatic rings. The fourth-order valence-electron chi connectivity index (χ4n) is 2.86. The summed E-state index contributed by atoms with van der Waals surface area (Å²) in [6.45, 7) is 6.37. The third-order valence-electron chi connectivity index (χ3n) is 4.05. The summed E-state index contributed by atoms with van der Waals surface area (Å²) in [6, 6.07) is 7.82. The normalized spacial score (nSPS) is 22.0. The maximum atomic E-state index is 12.7. The molecule has 3 rings (SSSR count). The van der Waals surface area contributed by atoms with Gasteiger partial charge in [-0.15, -0.1) is 0 Å². The van der Waals surface area contributed by atoms with E-state index >= 15 is 0 Å². The van der Waals surface area contributed by atoms with E-state index in [0.717, 1.165) is 29.6 Å². The maximum Gasteiger partial charge on any atom is 0.181 e. The van der Waals surface area contributed by atoms with Gasteiger partial charge >= 0.3 is 0 Å². The zero-order valence-electron chi connectivity index (χ0n) is 11.9. The Kier molecular flexibility index (Phi) is 3.59. The van der Waals surface area contributed by atoms with Crippen molar-refractivity contribution in [3.63, 3.8) is 0 Å². The molecular weight excluding hydrogens is 252 g/mol. The molecular formula is C16H20N2O2. The van der Waals surface area contributed by atoms with Gasteiger partial charge in [0.25, 0.3) is 0 Å². The number of carbonyl (C=O) groups is 1. The minimum atomic E-state index is -0.111. The first kappa shape index (κ1) is 13.3. The number of aromatic amines is 1. The molecule has 0 unspecified atom stereocenters. The number of ether oxygens (including phenoxy) is 1. The van der Waals surface area contributed by atoms with Gasteiger partial charge in [-0.05, 0) is 19.9 Å². The van der Waals surface area contributed by atoms with Crippen LogP contribution in [0.5, 0.6) is 0 Å². The smallest absolute Gasteiger partial charge is 0.181 e. The fraction of sp³-hybridized carbons (Fsp3) is 0.438. The molecule has 20 heavy (non-hydrogen) atoms. The Morgan fingerprint density at radius 1 is 1.45 bits per heavy atom. The van der Waals surface area contributed by atoms with Gasteiger partial charge in [-0.1, -0.05) is 18.2 Å². The summed E-state index contributed by atoms with van der Waals surface area (Å²) in [5, 5.41) is 1.01. The second kappa shape index (κ2) is 5.38. The van der Waals surface area contributed by atoms with E-state index in [9.17, 15) is 4.79 Å². The lowest BCUT2D eigenvalue weighted by Gasteiger charge is -2.34. The molecule has 1 aliphatic heterocycles. The van der Waals surface area contributed by atoms with Gasteiger partial charge in [0.2, 0.25) is 0 Å². The lowest BCUT2D eigenvalue weighted by Crippen LogP contribution is -2.48. The molecule has 0 bridgehead atoms. The van der Waals surface area contributed by atoms with Gasteiger partial charge in [0.15, 0.2) is 5.78 Å². The van der Waals surface area contributed by atoms with Crippen LogP contribution in [0, 0.1) is 0 Å². The first-order valence-corrected chi connectivity index (χ1v) is 7.13. The Morgan fingerprint density at radius 3 is 3.05 bits per heavy atom. The van der Waals surface area contributed by atoms with Gasteiger partial charge in [-0.3, -0.25) is 9.69 Å². The lowest BCUT2D eigenvalue weighted by atomic mass is 10.0. The highest BCUT2D eigenvalue weighted by molar-refractivity contribution is 6.10. The van der Waals surface area contributed by atoms with Gasteiger partial charge in [0, 0.05) is 35.8 Å². The molecule has 2 heterocycles. The van der Waals surface area contributed by atoms with Crippen LogP contribution in [0.15, 0.2) is 30.5 Å². The largest absolute Gasteiger partial charge is 0.376 e. The van der Waals surface area contributed by atoms with Crippen molar-refractivity contribution in [2.24, 2.45) is 0 Å². The Bertz CT molecular complexity index is 620. The van der Waals surface area contributed by atoms with Crippen LogP contribution in [0.25, 0.3) is 10.9 Å². The van der Waals surface area contributed by atoms with E-state index in [2.05, 4.69) is 16.8 Å². The van der Waals surface area contributed by atoms with Gasteiger partial charge in [0.05, 0.1) is 18.8 Å². The predicted molar refractivity (Wildman–Crippen MR) is 79.1 cm³/mol. The highest BCUT2D eigenvalue weighted by Gasteiger charge is 2.27. The van der Waals surface area contributed by atoms with E-state index in [-0.39, 0.29) is 17.9 Å². The second-order valence-corrected chi connectivity index (χ2v) is 5.46. The number of ketones is 1. The molecule has 1 saturated heterocycles. The molecule has 2 aromatic rings. The number of H-pyrrole nitrogens is 1. The third-order valence-corrected chi connectivity index (χ3v) is 4.05. The monoisotopic (exact) mass is 272 g/mol. The molecule has 1 aromatic carbocycles. The zero-order valence-corrected chi connectivity index (χ0v) is 11.9. The molecule has 0 amide bonds. The molecule has 1 aromatic heterocycles. The third kappa shape index (κ3) is 2.37. The number of hydrogen-bond acceptors (Lipinski definition) is 3. The molecule has 0 spiro atoms. The van der Waals surface area contributed by atoms with Crippen LogP contribution >= 0.6 is 0 Å². The first-order chi connectivity index (χ1) is 9.66. The highest BCUT2D eigenvalue weighted by Crippen LogP contribution is 2.21. The molecule has 1 N–H and O–H groups in total. The minimum absolute atomic E-state index is 0.111. The van der Waals surface area contributed by atoms with Crippen LogP contribution in [0.4, 0.5) is 0 Å². The Hall–Kier alpha value is -1.65. The summed E-state index contributed by atoms with van der Waals surface area (Å²) >= 11 is 0. The standard InChI is InChI=1S/C16H20N2O2/c1-11-10-18(7-8-20-11)12(2)16(19)14-9-17-15-6-4-3-5-13(14)15/h3-6,9,11-12,17H,7-8,10H2,1-2H3/t11-,12-/m1/s1.